The molecule has 1 aliphatic carbocycles. The highest BCUT2D eigenvalue weighted by Gasteiger charge is 2.07. The van der Waals surface area contributed by atoms with Crippen molar-refractivity contribution in [2.24, 2.45) is 5.92 Å². The van der Waals surface area contributed by atoms with E-state index in [4.69, 9.17) is 0 Å². The molecule has 0 spiro atoms. The Labute approximate surface area is 63.5 Å². The van der Waals surface area contributed by atoms with Crippen LogP contribution in [0.2, 0.25) is 0 Å². The van der Waals surface area contributed by atoms with Crippen LogP contribution >= 0.6 is 0 Å². The summed E-state index contributed by atoms with van der Waals surface area (Å²) in [6, 6.07) is 0. The Bertz CT molecular complexity index is 97.3. The zero-order chi connectivity index (χ0) is 7.23. The van der Waals surface area contributed by atoms with Crippen molar-refractivity contribution in [3.05, 3.63) is 12.2 Å². The average molecular weight is 139 g/mol. The quantitative estimate of drug-likeness (QED) is 0.577. The Morgan fingerprint density at radius 2 is 1.90 bits per heavy atom. The predicted octanol–water partition coefficient (Wildman–Crippen LogP) is 1.95. The molecule has 1 N–H and O–H groups in total. The van der Waals surface area contributed by atoms with Crippen molar-refractivity contribution in [3.8, 4) is 0 Å². The van der Waals surface area contributed by atoms with Crippen molar-refractivity contribution < 1.29 is 0 Å². The molecule has 0 unspecified atom stereocenters. The lowest BCUT2D eigenvalue weighted by molar-refractivity contribution is 0.447. The Morgan fingerprint density at radius 1 is 1.30 bits per heavy atom. The maximum Gasteiger partial charge on any atom is -0.00233 e. The fraction of sp³-hybridized carbons (Fsp3) is 0.778. The smallest absolute Gasteiger partial charge is 0.00233 e. The zero-order valence-corrected chi connectivity index (χ0v) is 6.77. The molecule has 10 heavy (non-hydrogen) atoms. The molecule has 0 aromatic rings. The van der Waals surface area contributed by atoms with Gasteiger partial charge in [-0.25, -0.2) is 0 Å². The molecule has 0 fully saturated rings. The van der Waals surface area contributed by atoms with Gasteiger partial charge in [-0.05, 0) is 45.2 Å². The fourth-order valence-corrected chi connectivity index (χ4v) is 1.54. The first-order valence-electron chi connectivity index (χ1n) is 4.23. The van der Waals surface area contributed by atoms with Crippen LogP contribution in [0.5, 0.6) is 0 Å². The molecule has 0 aromatic carbocycles. The van der Waals surface area contributed by atoms with Gasteiger partial charge in [0, 0.05) is 0 Å². The van der Waals surface area contributed by atoms with Crippen LogP contribution in [-0.4, -0.2) is 13.6 Å². The van der Waals surface area contributed by atoms with Crippen LogP contribution in [0.3, 0.4) is 0 Å². The third-order valence-electron chi connectivity index (χ3n) is 2.14. The van der Waals surface area contributed by atoms with Gasteiger partial charge < -0.3 is 5.32 Å². The maximum absolute atomic E-state index is 3.24. The van der Waals surface area contributed by atoms with E-state index < -0.39 is 0 Å². The minimum absolute atomic E-state index is 0.917. The van der Waals surface area contributed by atoms with Crippen molar-refractivity contribution >= 4 is 0 Å². The lowest BCUT2D eigenvalue weighted by Gasteiger charge is -2.11. The number of hydrogen-bond donors (Lipinski definition) is 1. The van der Waals surface area contributed by atoms with Crippen molar-refractivity contribution in [2.75, 3.05) is 13.6 Å². The highest BCUT2D eigenvalue weighted by molar-refractivity contribution is 4.86. The van der Waals surface area contributed by atoms with Gasteiger partial charge in [0.15, 0.2) is 0 Å². The molecular formula is C9H17N. The Balaban J connectivity index is 2.20. The van der Waals surface area contributed by atoms with E-state index in [9.17, 15) is 0 Å². The highest BCUT2D eigenvalue weighted by Crippen LogP contribution is 2.17. The summed E-state index contributed by atoms with van der Waals surface area (Å²) in [6.45, 7) is 1.20. The third-order valence-corrected chi connectivity index (χ3v) is 2.14. The second kappa shape index (κ2) is 4.51. The molecule has 1 heteroatoms. The lowest BCUT2D eigenvalue weighted by atomic mass is 10.0. The van der Waals surface area contributed by atoms with Gasteiger partial charge in [0.1, 0.15) is 0 Å². The van der Waals surface area contributed by atoms with Gasteiger partial charge in [0.25, 0.3) is 0 Å². The summed E-state index contributed by atoms with van der Waals surface area (Å²) in [7, 11) is 2.04. The van der Waals surface area contributed by atoms with Gasteiger partial charge in [-0.1, -0.05) is 12.2 Å². The number of rotatable bonds is 2. The normalized spacial score (nSPS) is 20.9. The second-order valence-electron chi connectivity index (χ2n) is 3.05. The van der Waals surface area contributed by atoms with Gasteiger partial charge in [-0.2, -0.15) is 0 Å². The minimum atomic E-state index is 0.917. The molecule has 0 radical (unpaired) electrons. The standard InChI is InChI=1S/C9H17N/c1-10-8-9-6-4-2-3-5-7-9/h2-3,9-10H,4-8H2,1H3. The van der Waals surface area contributed by atoms with Crippen molar-refractivity contribution in [1.29, 1.82) is 0 Å². The SMILES string of the molecule is CNCC1CCC=CCC1. The van der Waals surface area contributed by atoms with E-state index in [1.54, 1.807) is 0 Å². The molecule has 0 saturated heterocycles. The van der Waals surface area contributed by atoms with Gasteiger partial charge in [-0.3, -0.25) is 0 Å². The Morgan fingerprint density at radius 3 is 2.40 bits per heavy atom. The first-order chi connectivity index (χ1) is 4.93. The zero-order valence-electron chi connectivity index (χ0n) is 6.77. The van der Waals surface area contributed by atoms with Crippen LogP contribution in [0.1, 0.15) is 25.7 Å². The molecule has 1 rings (SSSR count). The van der Waals surface area contributed by atoms with Gasteiger partial charge in [0.2, 0.25) is 0 Å². The molecular weight excluding hydrogens is 122 g/mol. The summed E-state index contributed by atoms with van der Waals surface area (Å²) in [5.41, 5.74) is 0. The summed E-state index contributed by atoms with van der Waals surface area (Å²) in [5, 5.41) is 3.24. The summed E-state index contributed by atoms with van der Waals surface area (Å²) in [5.74, 6) is 0.917. The molecule has 0 amide bonds. The first-order valence-corrected chi connectivity index (χ1v) is 4.23. The van der Waals surface area contributed by atoms with Gasteiger partial charge in [0.05, 0.1) is 0 Å². The van der Waals surface area contributed by atoms with Crippen molar-refractivity contribution in [1.82, 2.24) is 5.32 Å². The summed E-state index contributed by atoms with van der Waals surface area (Å²) >= 11 is 0. The number of allylic oxidation sites excluding steroid dienone is 2. The van der Waals surface area contributed by atoms with E-state index in [2.05, 4.69) is 17.5 Å². The number of nitrogens with one attached hydrogen (secondary N) is 1. The van der Waals surface area contributed by atoms with E-state index in [1.165, 1.54) is 32.2 Å². The van der Waals surface area contributed by atoms with Crippen LogP contribution in [0.15, 0.2) is 12.2 Å². The van der Waals surface area contributed by atoms with Crippen LogP contribution < -0.4 is 5.32 Å². The van der Waals surface area contributed by atoms with Crippen LogP contribution in [0.25, 0.3) is 0 Å². The molecule has 1 nitrogen and oxygen atoms in total. The van der Waals surface area contributed by atoms with Crippen molar-refractivity contribution in [3.63, 3.8) is 0 Å². The third kappa shape index (κ3) is 2.53. The molecule has 1 aliphatic rings. The molecule has 0 atom stereocenters. The molecule has 58 valence electrons. The fourth-order valence-electron chi connectivity index (χ4n) is 1.54. The van der Waals surface area contributed by atoms with Crippen LogP contribution in [0, 0.1) is 5.92 Å². The van der Waals surface area contributed by atoms with E-state index in [0.29, 0.717) is 0 Å². The Kier molecular flexibility index (Phi) is 3.52. The van der Waals surface area contributed by atoms with E-state index in [-0.39, 0.29) is 0 Å². The summed E-state index contributed by atoms with van der Waals surface area (Å²) in [4.78, 5) is 0. The largest absolute Gasteiger partial charge is 0.319 e. The molecule has 0 heterocycles. The summed E-state index contributed by atoms with van der Waals surface area (Å²) < 4.78 is 0. The Hall–Kier alpha value is -0.300. The van der Waals surface area contributed by atoms with E-state index in [1.807, 2.05) is 7.05 Å². The maximum atomic E-state index is 3.24. The van der Waals surface area contributed by atoms with Crippen LogP contribution in [0.4, 0.5) is 0 Å². The lowest BCUT2D eigenvalue weighted by Crippen LogP contribution is -2.17. The average Bonchev–Trinajstić information content (AvgIpc) is 2.17. The first kappa shape index (κ1) is 7.80. The van der Waals surface area contributed by atoms with Gasteiger partial charge in [-0.15, -0.1) is 0 Å². The topological polar surface area (TPSA) is 12.0 Å². The highest BCUT2D eigenvalue weighted by atomic mass is 14.8. The molecule has 0 aliphatic heterocycles. The van der Waals surface area contributed by atoms with Crippen LogP contribution in [-0.2, 0) is 0 Å². The predicted molar refractivity (Wildman–Crippen MR) is 45.0 cm³/mol. The monoisotopic (exact) mass is 139 g/mol. The summed E-state index contributed by atoms with van der Waals surface area (Å²) in [6.07, 6.45) is 9.94. The van der Waals surface area contributed by atoms with Gasteiger partial charge >= 0.3 is 0 Å². The molecule has 0 bridgehead atoms. The molecule has 0 saturated carbocycles. The number of hydrogen-bond acceptors (Lipinski definition) is 1. The molecule has 0 aromatic heterocycles. The minimum Gasteiger partial charge on any atom is -0.319 e. The van der Waals surface area contributed by atoms with Crippen molar-refractivity contribution in [2.45, 2.75) is 25.7 Å². The van der Waals surface area contributed by atoms with E-state index in [0.717, 1.165) is 5.92 Å². The van der Waals surface area contributed by atoms with E-state index >= 15 is 0 Å². The second-order valence-corrected chi connectivity index (χ2v) is 3.05.